The van der Waals surface area contributed by atoms with Gasteiger partial charge in [-0.1, -0.05) is 54.6 Å². The molecule has 3 aromatic rings. The van der Waals surface area contributed by atoms with Gasteiger partial charge in [-0.2, -0.15) is 0 Å². The molecule has 3 aromatic carbocycles. The summed E-state index contributed by atoms with van der Waals surface area (Å²) < 4.78 is 19.2. The average molecular weight is 306 g/mol. The fraction of sp³-hybridized carbons (Fsp3) is 0.0500. The molecule has 0 amide bonds. The zero-order valence-corrected chi connectivity index (χ0v) is 12.4. The van der Waals surface area contributed by atoms with Crippen molar-refractivity contribution in [2.75, 3.05) is 0 Å². The normalized spacial score (nSPS) is 10.3. The van der Waals surface area contributed by atoms with Crippen molar-refractivity contribution in [1.29, 1.82) is 0 Å². The molecule has 0 aromatic heterocycles. The van der Waals surface area contributed by atoms with Gasteiger partial charge in [-0.25, -0.2) is 4.39 Å². The lowest BCUT2D eigenvalue weighted by atomic mass is 9.99. The van der Waals surface area contributed by atoms with Crippen LogP contribution in [0.3, 0.4) is 0 Å². The van der Waals surface area contributed by atoms with Crippen molar-refractivity contribution in [2.45, 2.75) is 6.61 Å². The third-order valence-corrected chi connectivity index (χ3v) is 3.56. The van der Waals surface area contributed by atoms with Crippen LogP contribution >= 0.6 is 0 Å². The summed E-state index contributed by atoms with van der Waals surface area (Å²) in [6.45, 7) is 0.369. The highest BCUT2D eigenvalue weighted by molar-refractivity contribution is 5.91. The number of carbonyl (C=O) groups excluding carboxylic acids is 1. The number of aldehydes is 1. The monoisotopic (exact) mass is 306 g/mol. The molecule has 114 valence electrons. The SMILES string of the molecule is O=Cc1c(OCc2ccccc2)cccc1-c1cccc(F)c1. The van der Waals surface area contributed by atoms with E-state index in [4.69, 9.17) is 4.74 Å². The second-order valence-electron chi connectivity index (χ2n) is 5.12. The third-order valence-electron chi connectivity index (χ3n) is 3.56. The summed E-state index contributed by atoms with van der Waals surface area (Å²) in [7, 11) is 0. The Kier molecular flexibility index (Phi) is 4.48. The lowest BCUT2D eigenvalue weighted by Gasteiger charge is -2.12. The van der Waals surface area contributed by atoms with E-state index in [1.807, 2.05) is 30.3 Å². The smallest absolute Gasteiger partial charge is 0.154 e. The lowest BCUT2D eigenvalue weighted by Crippen LogP contribution is -1.99. The number of hydrogen-bond acceptors (Lipinski definition) is 2. The van der Waals surface area contributed by atoms with Gasteiger partial charge in [0.1, 0.15) is 18.2 Å². The molecule has 0 bridgehead atoms. The number of rotatable bonds is 5. The van der Waals surface area contributed by atoms with E-state index >= 15 is 0 Å². The Morgan fingerprint density at radius 2 is 1.70 bits per heavy atom. The Morgan fingerprint density at radius 3 is 2.43 bits per heavy atom. The van der Waals surface area contributed by atoms with E-state index in [9.17, 15) is 9.18 Å². The van der Waals surface area contributed by atoms with Gasteiger partial charge in [-0.05, 0) is 34.9 Å². The van der Waals surface area contributed by atoms with Crippen LogP contribution in [-0.2, 0) is 6.61 Å². The van der Waals surface area contributed by atoms with E-state index < -0.39 is 0 Å². The molecule has 0 saturated carbocycles. The standard InChI is InChI=1S/C20H15FO2/c21-17-9-4-8-16(12-17)18-10-5-11-20(19(18)13-22)23-14-15-6-2-1-3-7-15/h1-13H,14H2. The average Bonchev–Trinajstić information content (AvgIpc) is 2.60. The summed E-state index contributed by atoms with van der Waals surface area (Å²) in [5.41, 5.74) is 2.75. The van der Waals surface area contributed by atoms with Gasteiger partial charge < -0.3 is 4.74 Å². The fourth-order valence-corrected chi connectivity index (χ4v) is 2.43. The van der Waals surface area contributed by atoms with Crippen LogP contribution in [0.15, 0.2) is 72.8 Å². The van der Waals surface area contributed by atoms with E-state index in [2.05, 4.69) is 0 Å². The largest absolute Gasteiger partial charge is 0.488 e. The number of hydrogen-bond donors (Lipinski definition) is 0. The van der Waals surface area contributed by atoms with Crippen molar-refractivity contribution < 1.29 is 13.9 Å². The molecule has 0 atom stereocenters. The topological polar surface area (TPSA) is 26.3 Å². The quantitative estimate of drug-likeness (QED) is 0.628. The molecule has 3 rings (SSSR count). The van der Waals surface area contributed by atoms with Crippen LogP contribution in [0.25, 0.3) is 11.1 Å². The molecule has 0 heterocycles. The first-order valence-electron chi connectivity index (χ1n) is 7.29. The number of benzene rings is 3. The van der Waals surface area contributed by atoms with Crippen molar-refractivity contribution in [3.05, 3.63) is 89.7 Å². The maximum absolute atomic E-state index is 13.4. The molecular formula is C20H15FO2. The first-order chi connectivity index (χ1) is 11.3. The second kappa shape index (κ2) is 6.88. The second-order valence-corrected chi connectivity index (χ2v) is 5.12. The zero-order chi connectivity index (χ0) is 16.1. The molecule has 0 spiro atoms. The van der Waals surface area contributed by atoms with E-state index in [1.54, 1.807) is 30.3 Å². The maximum atomic E-state index is 13.4. The predicted molar refractivity (Wildman–Crippen MR) is 88.0 cm³/mol. The molecule has 0 aliphatic carbocycles. The number of halogens is 1. The molecule has 0 radical (unpaired) electrons. The Hall–Kier alpha value is -2.94. The van der Waals surface area contributed by atoms with Gasteiger partial charge in [-0.3, -0.25) is 4.79 Å². The first-order valence-corrected chi connectivity index (χ1v) is 7.29. The molecule has 3 heteroatoms. The van der Waals surface area contributed by atoms with Gasteiger partial charge in [0, 0.05) is 0 Å². The lowest BCUT2D eigenvalue weighted by molar-refractivity contribution is 0.111. The van der Waals surface area contributed by atoms with Crippen LogP contribution < -0.4 is 4.74 Å². The van der Waals surface area contributed by atoms with Crippen molar-refractivity contribution in [3.63, 3.8) is 0 Å². The Balaban J connectivity index is 1.92. The molecule has 0 unspecified atom stereocenters. The van der Waals surface area contributed by atoms with E-state index in [0.29, 0.717) is 29.0 Å². The Bertz CT molecular complexity index is 813. The number of carbonyl (C=O) groups is 1. The van der Waals surface area contributed by atoms with Crippen molar-refractivity contribution in [3.8, 4) is 16.9 Å². The first kappa shape index (κ1) is 15.0. The summed E-state index contributed by atoms with van der Waals surface area (Å²) in [6.07, 6.45) is 0.751. The van der Waals surface area contributed by atoms with Gasteiger partial charge in [0.15, 0.2) is 6.29 Å². The summed E-state index contributed by atoms with van der Waals surface area (Å²) in [5, 5.41) is 0. The van der Waals surface area contributed by atoms with Crippen LogP contribution in [0.1, 0.15) is 15.9 Å². The van der Waals surface area contributed by atoms with Gasteiger partial charge in [-0.15, -0.1) is 0 Å². The molecule has 23 heavy (non-hydrogen) atoms. The highest BCUT2D eigenvalue weighted by Gasteiger charge is 2.11. The van der Waals surface area contributed by atoms with Crippen molar-refractivity contribution in [1.82, 2.24) is 0 Å². The molecule has 0 fully saturated rings. The van der Waals surface area contributed by atoms with Gasteiger partial charge in [0.2, 0.25) is 0 Å². The van der Waals surface area contributed by atoms with Crippen molar-refractivity contribution in [2.24, 2.45) is 0 Å². The molecule has 2 nitrogen and oxygen atoms in total. The van der Waals surface area contributed by atoms with E-state index in [0.717, 1.165) is 11.8 Å². The Labute approximate surface area is 134 Å². The van der Waals surface area contributed by atoms with E-state index in [1.165, 1.54) is 12.1 Å². The van der Waals surface area contributed by atoms with Crippen LogP contribution in [0.4, 0.5) is 4.39 Å². The minimum absolute atomic E-state index is 0.338. The van der Waals surface area contributed by atoms with Crippen LogP contribution in [0, 0.1) is 5.82 Å². The maximum Gasteiger partial charge on any atom is 0.154 e. The zero-order valence-electron chi connectivity index (χ0n) is 12.4. The molecule has 0 aliphatic rings. The van der Waals surface area contributed by atoms with Crippen molar-refractivity contribution >= 4 is 6.29 Å². The molecule has 0 aliphatic heterocycles. The highest BCUT2D eigenvalue weighted by Crippen LogP contribution is 2.30. The summed E-state index contributed by atoms with van der Waals surface area (Å²) >= 11 is 0. The van der Waals surface area contributed by atoms with Gasteiger partial charge in [0.05, 0.1) is 5.56 Å². The van der Waals surface area contributed by atoms with Gasteiger partial charge in [0.25, 0.3) is 0 Å². The van der Waals surface area contributed by atoms with Crippen LogP contribution in [0.2, 0.25) is 0 Å². The van der Waals surface area contributed by atoms with Crippen LogP contribution in [0.5, 0.6) is 5.75 Å². The van der Waals surface area contributed by atoms with Gasteiger partial charge >= 0.3 is 0 Å². The highest BCUT2D eigenvalue weighted by atomic mass is 19.1. The fourth-order valence-electron chi connectivity index (χ4n) is 2.43. The van der Waals surface area contributed by atoms with E-state index in [-0.39, 0.29) is 5.82 Å². The molecular weight excluding hydrogens is 291 g/mol. The predicted octanol–water partition coefficient (Wildman–Crippen LogP) is 4.88. The summed E-state index contributed by atoms with van der Waals surface area (Å²) in [5.74, 6) is 0.153. The molecule has 0 saturated heterocycles. The third kappa shape index (κ3) is 3.46. The summed E-state index contributed by atoms with van der Waals surface area (Å²) in [6, 6.07) is 21.2. The number of ether oxygens (including phenoxy) is 1. The minimum atomic E-state index is -0.338. The molecule has 0 N–H and O–H groups in total. The Morgan fingerprint density at radius 1 is 0.913 bits per heavy atom. The summed E-state index contributed by atoms with van der Waals surface area (Å²) in [4.78, 5) is 11.5. The minimum Gasteiger partial charge on any atom is -0.488 e. The van der Waals surface area contributed by atoms with Crippen LogP contribution in [-0.4, -0.2) is 6.29 Å².